The molecule has 0 fully saturated rings. The number of carbonyl (C=O) groups excluding carboxylic acids is 4. The quantitative estimate of drug-likeness (QED) is 0.0222. The van der Waals surface area contributed by atoms with Crippen LogP contribution in [-0.4, -0.2) is 96.7 Å². The van der Waals surface area contributed by atoms with E-state index in [0.717, 1.165) is 109 Å². The van der Waals surface area contributed by atoms with Gasteiger partial charge in [-0.3, -0.25) is 37.3 Å². The van der Waals surface area contributed by atoms with Crippen LogP contribution in [0.3, 0.4) is 0 Å². The van der Waals surface area contributed by atoms with Gasteiger partial charge in [0.1, 0.15) is 19.3 Å². The number of aliphatic hydroxyl groups excluding tert-OH is 1. The molecule has 0 aliphatic heterocycles. The highest BCUT2D eigenvalue weighted by Gasteiger charge is 2.30. The van der Waals surface area contributed by atoms with Crippen LogP contribution in [0.25, 0.3) is 0 Å². The van der Waals surface area contributed by atoms with Crippen LogP contribution in [0.5, 0.6) is 0 Å². The van der Waals surface area contributed by atoms with Gasteiger partial charge in [-0.15, -0.1) is 0 Å². The molecule has 0 aromatic rings. The van der Waals surface area contributed by atoms with E-state index in [9.17, 15) is 43.2 Å². The Hall–Kier alpha value is -1.94. The summed E-state index contributed by atoms with van der Waals surface area (Å²) in [6, 6.07) is 0. The molecule has 0 heterocycles. The standard InChI is InChI=1S/C60H116O17P2/c1-9-53(8)39-31-23-17-19-25-33-41-58(63)71-47-56(77-60(65)43-35-27-18-16-22-30-38-52(6)7)49-75-79(68,69)73-45-54(61)44-72-78(66,67)74-48-55(76-59(64)42-34-26-15-11-13-21-29-37-51(4)5)46-70-57(62)40-32-24-14-10-12-20-28-36-50(2)3/h50-56,61H,9-49H2,1-8H3,(H,66,67)(H,68,69)/t53?,54?,55-,56-/m1/s1. The van der Waals surface area contributed by atoms with E-state index in [1.54, 1.807) is 0 Å². The van der Waals surface area contributed by atoms with Crippen molar-refractivity contribution in [1.29, 1.82) is 0 Å². The van der Waals surface area contributed by atoms with Gasteiger partial charge in [-0.25, -0.2) is 9.13 Å². The van der Waals surface area contributed by atoms with Crippen molar-refractivity contribution in [1.82, 2.24) is 0 Å². The highest BCUT2D eigenvalue weighted by Crippen LogP contribution is 2.45. The molecule has 0 aliphatic rings. The zero-order chi connectivity index (χ0) is 59.0. The minimum atomic E-state index is -4.94. The lowest BCUT2D eigenvalue weighted by Gasteiger charge is -2.21. The van der Waals surface area contributed by atoms with Crippen LogP contribution in [-0.2, 0) is 65.4 Å². The molecule has 468 valence electrons. The number of ether oxygens (including phenoxy) is 4. The van der Waals surface area contributed by atoms with Crippen molar-refractivity contribution in [2.24, 2.45) is 23.7 Å². The average Bonchev–Trinajstić information content (AvgIpc) is 3.39. The highest BCUT2D eigenvalue weighted by atomic mass is 31.2. The first-order valence-corrected chi connectivity index (χ1v) is 34.2. The lowest BCUT2D eigenvalue weighted by Crippen LogP contribution is -2.30. The maximum atomic E-state index is 12.9. The molecule has 0 spiro atoms. The van der Waals surface area contributed by atoms with Crippen molar-refractivity contribution >= 4 is 39.5 Å². The maximum Gasteiger partial charge on any atom is 0.472 e. The van der Waals surface area contributed by atoms with Gasteiger partial charge < -0.3 is 33.8 Å². The molecule has 0 aromatic heterocycles. The number of phosphoric ester groups is 2. The summed E-state index contributed by atoms with van der Waals surface area (Å²) >= 11 is 0. The van der Waals surface area contributed by atoms with Crippen LogP contribution in [0.4, 0.5) is 0 Å². The Balaban J connectivity index is 5.25. The molecule has 79 heavy (non-hydrogen) atoms. The third-order valence-corrected chi connectivity index (χ3v) is 15.8. The second-order valence-electron chi connectivity index (χ2n) is 23.4. The first-order chi connectivity index (χ1) is 37.6. The third-order valence-electron chi connectivity index (χ3n) is 13.9. The fourth-order valence-corrected chi connectivity index (χ4v) is 10.3. The van der Waals surface area contributed by atoms with E-state index in [1.165, 1.54) is 70.6 Å². The summed E-state index contributed by atoms with van der Waals surface area (Å²) in [5.41, 5.74) is 0. The molecule has 0 aromatic carbocycles. The Labute approximate surface area is 479 Å². The second kappa shape index (κ2) is 50.6. The molecule has 6 atom stereocenters. The second-order valence-corrected chi connectivity index (χ2v) is 26.3. The lowest BCUT2D eigenvalue weighted by atomic mass is 10.00. The van der Waals surface area contributed by atoms with Crippen molar-refractivity contribution in [2.45, 2.75) is 298 Å². The summed E-state index contributed by atoms with van der Waals surface area (Å²) in [4.78, 5) is 71.9. The van der Waals surface area contributed by atoms with Crippen molar-refractivity contribution < 1.29 is 80.2 Å². The fourth-order valence-electron chi connectivity index (χ4n) is 8.69. The van der Waals surface area contributed by atoms with E-state index < -0.39 is 97.5 Å². The molecular weight excluding hydrogens is 1050 g/mol. The summed E-state index contributed by atoms with van der Waals surface area (Å²) in [6.45, 7) is 13.8. The molecule has 3 N–H and O–H groups in total. The van der Waals surface area contributed by atoms with Crippen LogP contribution in [0.2, 0.25) is 0 Å². The average molecular weight is 1170 g/mol. The normalized spacial score (nSPS) is 14.9. The Bertz CT molecular complexity index is 1600. The zero-order valence-corrected chi connectivity index (χ0v) is 52.8. The predicted octanol–water partition coefficient (Wildman–Crippen LogP) is 15.8. The molecule has 19 heteroatoms. The van der Waals surface area contributed by atoms with Gasteiger partial charge in [-0.05, 0) is 49.4 Å². The molecule has 0 radical (unpaired) electrons. The van der Waals surface area contributed by atoms with Crippen LogP contribution in [0, 0.1) is 23.7 Å². The van der Waals surface area contributed by atoms with E-state index in [-0.39, 0.29) is 25.7 Å². The minimum Gasteiger partial charge on any atom is -0.462 e. The SMILES string of the molecule is CCC(C)CCCCCCCCC(=O)OC[C@H](COP(=O)(O)OCC(O)COP(=O)(O)OC[C@@H](COC(=O)CCCCCCCCCC(C)C)OC(=O)CCCCCCCCCC(C)C)OC(=O)CCCCCCCCC(C)C. The Morgan fingerprint density at radius 1 is 0.354 bits per heavy atom. The summed E-state index contributed by atoms with van der Waals surface area (Å²) in [7, 11) is -9.88. The van der Waals surface area contributed by atoms with Gasteiger partial charge in [0.2, 0.25) is 0 Å². The van der Waals surface area contributed by atoms with Gasteiger partial charge in [-0.2, -0.15) is 0 Å². The Kier molecular flexibility index (Phi) is 49.3. The molecule has 0 saturated heterocycles. The predicted molar refractivity (Wildman–Crippen MR) is 312 cm³/mol. The van der Waals surface area contributed by atoms with Crippen LogP contribution < -0.4 is 0 Å². The summed E-state index contributed by atoms with van der Waals surface area (Å²) in [5, 5.41) is 10.5. The van der Waals surface area contributed by atoms with Crippen LogP contribution in [0.1, 0.15) is 280 Å². The number of aliphatic hydroxyl groups is 1. The van der Waals surface area contributed by atoms with Gasteiger partial charge in [0.25, 0.3) is 0 Å². The van der Waals surface area contributed by atoms with Gasteiger partial charge in [0.15, 0.2) is 12.2 Å². The highest BCUT2D eigenvalue weighted by molar-refractivity contribution is 7.47. The maximum absolute atomic E-state index is 12.9. The van der Waals surface area contributed by atoms with Crippen molar-refractivity contribution in [2.75, 3.05) is 39.6 Å². The van der Waals surface area contributed by atoms with Gasteiger partial charge in [0.05, 0.1) is 26.4 Å². The Morgan fingerprint density at radius 2 is 0.608 bits per heavy atom. The number of phosphoric acid groups is 2. The smallest absolute Gasteiger partial charge is 0.462 e. The number of hydrogen-bond acceptors (Lipinski definition) is 15. The van der Waals surface area contributed by atoms with Crippen molar-refractivity contribution in [3.05, 3.63) is 0 Å². The first-order valence-electron chi connectivity index (χ1n) is 31.2. The summed E-state index contributed by atoms with van der Waals surface area (Å²) < 4.78 is 67.7. The summed E-state index contributed by atoms with van der Waals surface area (Å²) in [5.74, 6) is 0.649. The third kappa shape index (κ3) is 53.8. The number of esters is 4. The van der Waals surface area contributed by atoms with Gasteiger partial charge in [0, 0.05) is 25.7 Å². The molecule has 0 bridgehead atoms. The molecule has 0 amide bonds. The van der Waals surface area contributed by atoms with Crippen molar-refractivity contribution in [3.63, 3.8) is 0 Å². The molecule has 0 rings (SSSR count). The van der Waals surface area contributed by atoms with E-state index in [1.807, 2.05) is 0 Å². The van der Waals surface area contributed by atoms with E-state index in [4.69, 9.17) is 37.0 Å². The molecule has 4 unspecified atom stereocenters. The van der Waals surface area contributed by atoms with Crippen molar-refractivity contribution in [3.8, 4) is 0 Å². The number of unbranched alkanes of at least 4 members (excludes halogenated alkanes) is 22. The molecule has 0 aliphatic carbocycles. The van der Waals surface area contributed by atoms with Gasteiger partial charge >= 0.3 is 39.5 Å². The fraction of sp³-hybridized carbons (Fsp3) is 0.933. The van der Waals surface area contributed by atoms with Crippen LogP contribution >= 0.6 is 15.6 Å². The topological polar surface area (TPSA) is 237 Å². The Morgan fingerprint density at radius 3 is 0.899 bits per heavy atom. The van der Waals surface area contributed by atoms with Gasteiger partial charge in [-0.1, -0.05) is 229 Å². The number of carbonyl (C=O) groups is 4. The lowest BCUT2D eigenvalue weighted by molar-refractivity contribution is -0.161. The van der Waals surface area contributed by atoms with E-state index in [0.29, 0.717) is 43.4 Å². The number of rotatable bonds is 57. The largest absolute Gasteiger partial charge is 0.472 e. The molecular formula is C60H116O17P2. The van der Waals surface area contributed by atoms with E-state index >= 15 is 0 Å². The van der Waals surface area contributed by atoms with Crippen LogP contribution in [0.15, 0.2) is 0 Å². The minimum absolute atomic E-state index is 0.100. The molecule has 0 saturated carbocycles. The number of hydrogen-bond donors (Lipinski definition) is 3. The monoisotopic (exact) mass is 1170 g/mol. The first kappa shape index (κ1) is 77.1. The molecule has 17 nitrogen and oxygen atoms in total. The zero-order valence-electron chi connectivity index (χ0n) is 51.0. The summed E-state index contributed by atoms with van der Waals surface area (Å²) in [6.07, 6.45) is 28.4. The van der Waals surface area contributed by atoms with E-state index in [2.05, 4.69) is 55.4 Å².